The Labute approximate surface area is 167 Å². The Morgan fingerprint density at radius 3 is 2.89 bits per heavy atom. The third-order valence-electron chi connectivity index (χ3n) is 4.14. The summed E-state index contributed by atoms with van der Waals surface area (Å²) in [4.78, 5) is 25.2. The third kappa shape index (κ3) is 5.42. The maximum atomic E-state index is 13.5. The summed E-state index contributed by atoms with van der Waals surface area (Å²) < 4.78 is 19.0. The van der Waals surface area contributed by atoms with E-state index in [9.17, 15) is 9.18 Å². The molecule has 3 aromatic rings. The van der Waals surface area contributed by atoms with Gasteiger partial charge in [-0.2, -0.15) is 0 Å². The maximum absolute atomic E-state index is 13.5. The monoisotopic (exact) mass is 399 g/mol. The second kappa shape index (κ2) is 9.50. The molecule has 0 aliphatic rings. The molecule has 0 saturated heterocycles. The van der Waals surface area contributed by atoms with Gasteiger partial charge in [0.25, 0.3) is 0 Å². The Hall–Kier alpha value is -2.67. The number of rotatable bonds is 8. The van der Waals surface area contributed by atoms with Gasteiger partial charge in [0.2, 0.25) is 0 Å². The van der Waals surface area contributed by atoms with Crippen LogP contribution in [0.1, 0.15) is 43.1 Å². The number of H-pyrrole nitrogens is 1. The molecule has 0 fully saturated rings. The summed E-state index contributed by atoms with van der Waals surface area (Å²) in [5.74, 6) is 0.408. The fourth-order valence-corrected chi connectivity index (χ4v) is 4.05. The topological polar surface area (TPSA) is 67.9 Å². The number of carbonyl (C=O) groups is 1. The van der Waals surface area contributed by atoms with Crippen molar-refractivity contribution in [2.24, 2.45) is 0 Å². The zero-order valence-corrected chi connectivity index (χ0v) is 16.6. The first-order chi connectivity index (χ1) is 13.5. The van der Waals surface area contributed by atoms with Crippen molar-refractivity contribution in [2.45, 2.75) is 49.0 Å². The molecule has 7 heteroatoms. The van der Waals surface area contributed by atoms with Crippen molar-refractivity contribution in [3.8, 4) is 0 Å². The molecule has 0 bridgehead atoms. The minimum atomic E-state index is -0.283. The van der Waals surface area contributed by atoms with E-state index in [-0.39, 0.29) is 30.7 Å². The quantitative estimate of drug-likeness (QED) is 0.546. The number of pyridine rings is 1. The first kappa shape index (κ1) is 20.1. The molecule has 0 amide bonds. The Kier molecular flexibility index (Phi) is 6.81. The van der Waals surface area contributed by atoms with Crippen LogP contribution < -0.4 is 0 Å². The first-order valence-corrected chi connectivity index (χ1v) is 9.88. The number of aromatic nitrogens is 3. The van der Waals surface area contributed by atoms with Crippen LogP contribution in [0, 0.1) is 5.82 Å². The van der Waals surface area contributed by atoms with Gasteiger partial charge in [0.15, 0.2) is 0 Å². The van der Waals surface area contributed by atoms with Gasteiger partial charge < -0.3 is 9.72 Å². The van der Waals surface area contributed by atoms with E-state index in [1.807, 2.05) is 6.07 Å². The smallest absolute Gasteiger partial charge is 0.306 e. The van der Waals surface area contributed by atoms with Gasteiger partial charge in [-0.3, -0.25) is 9.78 Å². The van der Waals surface area contributed by atoms with E-state index in [2.05, 4.69) is 28.8 Å². The molecule has 0 spiro atoms. The molecular weight excluding hydrogens is 377 g/mol. The van der Waals surface area contributed by atoms with Gasteiger partial charge in [-0.1, -0.05) is 31.7 Å². The fraction of sp³-hybridized carbons (Fsp3) is 0.286. The second-order valence-electron chi connectivity index (χ2n) is 6.62. The van der Waals surface area contributed by atoms with E-state index >= 15 is 0 Å². The summed E-state index contributed by atoms with van der Waals surface area (Å²) in [6.45, 7) is 4.31. The summed E-state index contributed by atoms with van der Waals surface area (Å²) in [7, 11) is 0. The number of hydrogen-bond donors (Lipinski definition) is 1. The molecule has 0 atom stereocenters. The third-order valence-corrected chi connectivity index (χ3v) is 5.18. The predicted molar refractivity (Wildman–Crippen MR) is 106 cm³/mol. The number of esters is 1. The minimum absolute atomic E-state index is 0.162. The van der Waals surface area contributed by atoms with Gasteiger partial charge in [-0.05, 0) is 29.7 Å². The van der Waals surface area contributed by atoms with Crippen LogP contribution in [0.15, 0.2) is 58.8 Å². The molecule has 3 rings (SSSR count). The highest BCUT2D eigenvalue weighted by Crippen LogP contribution is 2.35. The van der Waals surface area contributed by atoms with Gasteiger partial charge in [-0.15, -0.1) is 0 Å². The number of nitrogens with zero attached hydrogens (tertiary/aromatic N) is 2. The van der Waals surface area contributed by atoms with Crippen LogP contribution in [0.5, 0.6) is 0 Å². The Morgan fingerprint density at radius 1 is 1.32 bits per heavy atom. The molecule has 0 saturated carbocycles. The summed E-state index contributed by atoms with van der Waals surface area (Å²) >= 11 is 1.46. The van der Waals surface area contributed by atoms with Crippen molar-refractivity contribution in [2.75, 3.05) is 0 Å². The van der Waals surface area contributed by atoms with Gasteiger partial charge >= 0.3 is 5.97 Å². The molecule has 0 aliphatic carbocycles. The Balaban J connectivity index is 1.69. The van der Waals surface area contributed by atoms with E-state index in [4.69, 9.17) is 4.74 Å². The number of aromatic amines is 1. The standard InChI is InChI=1S/C21H22FN3O2S/c1-14(2)21-15(13-27-20(26)7-6-19-24-8-9-25-19)11-23-12-18(21)28-17-5-3-4-16(22)10-17/h3-5,8-12,14H,6-7,13H2,1-2H3,(H,24,25). The van der Waals surface area contributed by atoms with Gasteiger partial charge in [-0.25, -0.2) is 9.37 Å². The van der Waals surface area contributed by atoms with Gasteiger partial charge in [0.1, 0.15) is 18.2 Å². The highest BCUT2D eigenvalue weighted by atomic mass is 32.2. The van der Waals surface area contributed by atoms with Crippen molar-refractivity contribution in [3.05, 3.63) is 71.8 Å². The minimum Gasteiger partial charge on any atom is -0.461 e. The van der Waals surface area contributed by atoms with Crippen LogP contribution in [0.4, 0.5) is 4.39 Å². The highest BCUT2D eigenvalue weighted by molar-refractivity contribution is 7.99. The van der Waals surface area contributed by atoms with E-state index in [1.54, 1.807) is 30.9 Å². The number of nitrogens with one attached hydrogen (secondary N) is 1. The van der Waals surface area contributed by atoms with E-state index in [1.165, 1.54) is 23.9 Å². The van der Waals surface area contributed by atoms with Crippen LogP contribution in [0.3, 0.4) is 0 Å². The first-order valence-electron chi connectivity index (χ1n) is 9.07. The molecule has 0 radical (unpaired) electrons. The normalized spacial score (nSPS) is 11.0. The Morgan fingerprint density at radius 2 is 2.18 bits per heavy atom. The SMILES string of the molecule is CC(C)c1c(COC(=O)CCc2ncc[nH]2)cncc1Sc1cccc(F)c1. The number of aryl methyl sites for hydroxylation is 1. The molecule has 0 aliphatic heterocycles. The summed E-state index contributed by atoms with van der Waals surface area (Å²) in [6.07, 6.45) is 7.65. The lowest BCUT2D eigenvalue weighted by molar-refractivity contribution is -0.144. The zero-order valence-electron chi connectivity index (χ0n) is 15.8. The maximum Gasteiger partial charge on any atom is 0.306 e. The lowest BCUT2D eigenvalue weighted by atomic mass is 9.99. The number of carbonyl (C=O) groups excluding carboxylic acids is 1. The predicted octanol–water partition coefficient (Wildman–Crippen LogP) is 4.89. The van der Waals surface area contributed by atoms with E-state index in [0.717, 1.165) is 26.7 Å². The van der Waals surface area contributed by atoms with Crippen LogP contribution in [0.2, 0.25) is 0 Å². The van der Waals surface area contributed by atoms with Crippen molar-refractivity contribution in [1.82, 2.24) is 15.0 Å². The molecule has 5 nitrogen and oxygen atoms in total. The molecule has 2 aromatic heterocycles. The number of benzene rings is 1. The largest absolute Gasteiger partial charge is 0.461 e. The number of hydrogen-bond acceptors (Lipinski definition) is 5. The average molecular weight is 399 g/mol. The molecule has 0 unspecified atom stereocenters. The van der Waals surface area contributed by atoms with E-state index < -0.39 is 0 Å². The van der Waals surface area contributed by atoms with Crippen LogP contribution in [0.25, 0.3) is 0 Å². The van der Waals surface area contributed by atoms with Crippen LogP contribution in [-0.2, 0) is 22.6 Å². The van der Waals surface area contributed by atoms with Crippen molar-refractivity contribution < 1.29 is 13.9 Å². The van der Waals surface area contributed by atoms with Gasteiger partial charge in [0.05, 0.1) is 6.42 Å². The number of halogens is 1. The molecule has 146 valence electrons. The number of ether oxygens (including phenoxy) is 1. The molecule has 2 heterocycles. The van der Waals surface area contributed by atoms with Crippen molar-refractivity contribution in [1.29, 1.82) is 0 Å². The molecular formula is C21H22FN3O2S. The van der Waals surface area contributed by atoms with Crippen molar-refractivity contribution in [3.63, 3.8) is 0 Å². The van der Waals surface area contributed by atoms with Crippen LogP contribution in [-0.4, -0.2) is 20.9 Å². The zero-order chi connectivity index (χ0) is 19.9. The molecule has 1 N–H and O–H groups in total. The molecule has 1 aromatic carbocycles. The van der Waals surface area contributed by atoms with Crippen molar-refractivity contribution >= 4 is 17.7 Å². The van der Waals surface area contributed by atoms with Crippen LogP contribution >= 0.6 is 11.8 Å². The average Bonchev–Trinajstić information content (AvgIpc) is 3.18. The summed E-state index contributed by atoms with van der Waals surface area (Å²) in [5.41, 5.74) is 1.92. The lowest BCUT2D eigenvalue weighted by Gasteiger charge is -2.17. The summed E-state index contributed by atoms with van der Waals surface area (Å²) in [6, 6.07) is 6.46. The fourth-order valence-electron chi connectivity index (χ4n) is 2.89. The number of imidazole rings is 1. The Bertz CT molecular complexity index is 929. The molecule has 28 heavy (non-hydrogen) atoms. The highest BCUT2D eigenvalue weighted by Gasteiger charge is 2.16. The summed E-state index contributed by atoms with van der Waals surface area (Å²) in [5, 5.41) is 0. The second-order valence-corrected chi connectivity index (χ2v) is 7.74. The lowest BCUT2D eigenvalue weighted by Crippen LogP contribution is -2.09. The van der Waals surface area contributed by atoms with E-state index in [0.29, 0.717) is 6.42 Å². The van der Waals surface area contributed by atoms with Gasteiger partial charge in [0, 0.05) is 46.6 Å².